The average molecular weight is 484 g/mol. The summed E-state index contributed by atoms with van der Waals surface area (Å²) in [6, 6.07) is 27.6. The number of halogens is 1. The molecule has 1 aromatic heterocycles. The molecule has 32 heavy (non-hydrogen) atoms. The second-order valence-corrected chi connectivity index (χ2v) is 8.04. The zero-order valence-electron chi connectivity index (χ0n) is 17.8. The maximum atomic E-state index is 13.4. The smallest absolute Gasteiger partial charge is 0.404 e. The minimum Gasteiger partial charge on any atom is -1.00 e. The van der Waals surface area contributed by atoms with Crippen LogP contribution in [0.15, 0.2) is 78.9 Å². The first-order chi connectivity index (χ1) is 15.3. The lowest BCUT2D eigenvalue weighted by atomic mass is 9.90. The third kappa shape index (κ3) is 2.94. The average Bonchev–Trinajstić information content (AvgIpc) is 2.83. The van der Waals surface area contributed by atoms with E-state index in [-0.39, 0.29) is 23.0 Å². The third-order valence-corrected chi connectivity index (χ3v) is 6.42. The van der Waals surface area contributed by atoms with Gasteiger partial charge in [0.25, 0.3) is 5.69 Å². The zero-order chi connectivity index (χ0) is 20.9. The number of rotatable bonds is 2. The van der Waals surface area contributed by atoms with E-state index < -0.39 is 0 Å². The minimum absolute atomic E-state index is 0. The fourth-order valence-electron chi connectivity index (χ4n) is 5.13. The van der Waals surface area contributed by atoms with Gasteiger partial charge in [-0.1, -0.05) is 66.7 Å². The van der Waals surface area contributed by atoms with E-state index in [0.717, 1.165) is 45.6 Å². The number of pyridine rings is 1. The van der Waals surface area contributed by atoms with Crippen LogP contribution in [0.2, 0.25) is 0 Å². The number of ether oxygens (including phenoxy) is 1. The normalized spacial score (nSPS) is 12.3. The van der Waals surface area contributed by atoms with Gasteiger partial charge >= 0.3 is 5.97 Å². The standard InChI is InChI=1S/C28H22NO2.BrH/c1-2-31-28(30)27-26-23-14-8-7-12-21(23)20-11-5-6-13-22(20)24(26)17-25-19-10-4-3-9-18(19)15-16-29(25)27;/h3-14,17H,2,15-16H2,1H3;1H/q+1;/p-1. The number of hydrogen-bond acceptors (Lipinski definition) is 2. The Hall–Kier alpha value is -3.24. The van der Waals surface area contributed by atoms with Gasteiger partial charge in [-0.05, 0) is 40.1 Å². The van der Waals surface area contributed by atoms with Crippen LogP contribution in [0.4, 0.5) is 0 Å². The van der Waals surface area contributed by atoms with Gasteiger partial charge in [-0.25, -0.2) is 4.79 Å². The first-order valence-electron chi connectivity index (χ1n) is 10.8. The molecule has 2 heterocycles. The van der Waals surface area contributed by atoms with Crippen molar-refractivity contribution < 1.29 is 31.1 Å². The van der Waals surface area contributed by atoms with Crippen molar-refractivity contribution in [2.24, 2.45) is 0 Å². The molecule has 0 fully saturated rings. The van der Waals surface area contributed by atoms with Crippen LogP contribution in [0.5, 0.6) is 0 Å². The summed E-state index contributed by atoms with van der Waals surface area (Å²) in [4.78, 5) is 13.4. The highest BCUT2D eigenvalue weighted by Gasteiger charge is 2.34. The predicted molar refractivity (Wildman–Crippen MR) is 124 cm³/mol. The summed E-state index contributed by atoms with van der Waals surface area (Å²) < 4.78 is 7.76. The molecule has 1 aliphatic rings. The van der Waals surface area contributed by atoms with Gasteiger partial charge in [0.2, 0.25) is 5.69 Å². The van der Waals surface area contributed by atoms with Crippen molar-refractivity contribution in [3.63, 3.8) is 0 Å². The Morgan fingerprint density at radius 1 is 0.844 bits per heavy atom. The zero-order valence-corrected chi connectivity index (χ0v) is 19.4. The Labute approximate surface area is 197 Å². The molecule has 0 saturated carbocycles. The number of benzene rings is 4. The van der Waals surface area contributed by atoms with Gasteiger partial charge in [0.15, 0.2) is 6.54 Å². The van der Waals surface area contributed by atoms with Crippen LogP contribution in [0.25, 0.3) is 43.6 Å². The van der Waals surface area contributed by atoms with Crippen LogP contribution in [-0.2, 0) is 17.7 Å². The Bertz CT molecular complexity index is 1520. The van der Waals surface area contributed by atoms with Gasteiger partial charge in [0.05, 0.1) is 12.0 Å². The quantitative estimate of drug-likeness (QED) is 0.219. The number of esters is 1. The summed E-state index contributed by atoms with van der Waals surface area (Å²) in [6.07, 6.45) is 0.900. The summed E-state index contributed by atoms with van der Waals surface area (Å²) >= 11 is 0. The monoisotopic (exact) mass is 483 g/mol. The van der Waals surface area contributed by atoms with Crippen molar-refractivity contribution in [1.29, 1.82) is 0 Å². The fraction of sp³-hybridized carbons (Fsp3) is 0.143. The van der Waals surface area contributed by atoms with E-state index >= 15 is 0 Å². The number of fused-ring (bicyclic) bond motifs is 9. The van der Waals surface area contributed by atoms with Crippen molar-refractivity contribution >= 4 is 38.3 Å². The molecule has 0 bridgehead atoms. The first kappa shape index (κ1) is 20.7. The van der Waals surface area contributed by atoms with E-state index in [0.29, 0.717) is 12.3 Å². The number of nitrogens with zero attached hydrogens (tertiary/aromatic N) is 1. The summed E-state index contributed by atoms with van der Waals surface area (Å²) in [5.41, 5.74) is 4.25. The molecule has 6 rings (SSSR count). The van der Waals surface area contributed by atoms with E-state index in [9.17, 15) is 4.79 Å². The molecule has 4 heteroatoms. The van der Waals surface area contributed by atoms with Crippen LogP contribution in [-0.4, -0.2) is 12.6 Å². The number of aromatic nitrogens is 1. The Morgan fingerprint density at radius 2 is 1.44 bits per heavy atom. The molecule has 0 unspecified atom stereocenters. The van der Waals surface area contributed by atoms with Crippen molar-refractivity contribution in [2.45, 2.75) is 19.9 Å². The highest BCUT2D eigenvalue weighted by molar-refractivity contribution is 6.28. The van der Waals surface area contributed by atoms with E-state index in [1.54, 1.807) is 0 Å². The van der Waals surface area contributed by atoms with E-state index in [1.165, 1.54) is 16.5 Å². The molecule has 3 nitrogen and oxygen atoms in total. The SMILES string of the molecule is CCOC(=O)c1c2c3ccccc3c3ccccc3c2cc2[n+]1CCc1ccccc1-2.[Br-]. The van der Waals surface area contributed by atoms with Crippen LogP contribution < -0.4 is 21.5 Å². The molecule has 0 amide bonds. The molecular weight excluding hydrogens is 462 g/mol. The predicted octanol–water partition coefficient (Wildman–Crippen LogP) is 2.84. The molecular formula is C28H22BrNO2. The van der Waals surface area contributed by atoms with E-state index in [2.05, 4.69) is 77.4 Å². The largest absolute Gasteiger partial charge is 1.00 e. The lowest BCUT2D eigenvalue weighted by Gasteiger charge is -2.19. The Morgan fingerprint density at radius 3 is 2.16 bits per heavy atom. The van der Waals surface area contributed by atoms with Gasteiger partial charge < -0.3 is 21.7 Å². The van der Waals surface area contributed by atoms with Crippen molar-refractivity contribution in [2.75, 3.05) is 6.61 Å². The third-order valence-electron chi connectivity index (χ3n) is 6.42. The van der Waals surface area contributed by atoms with Crippen LogP contribution in [0, 0.1) is 0 Å². The van der Waals surface area contributed by atoms with Crippen LogP contribution in [0.3, 0.4) is 0 Å². The molecule has 1 aliphatic heterocycles. The highest BCUT2D eigenvalue weighted by atomic mass is 79.9. The number of aryl methyl sites for hydroxylation is 1. The molecule has 158 valence electrons. The van der Waals surface area contributed by atoms with Crippen molar-refractivity contribution in [3.05, 3.63) is 90.1 Å². The number of carbonyl (C=O) groups is 1. The number of hydrogen-bond donors (Lipinski definition) is 0. The summed E-state index contributed by atoms with van der Waals surface area (Å²) in [5.74, 6) is -0.255. The molecule has 0 N–H and O–H groups in total. The van der Waals surface area contributed by atoms with Gasteiger partial charge in [-0.2, -0.15) is 4.57 Å². The maximum Gasteiger partial charge on any atom is 0.404 e. The Kier molecular flexibility index (Phi) is 5.18. The lowest BCUT2D eigenvalue weighted by Crippen LogP contribution is -3.00. The summed E-state index contributed by atoms with van der Waals surface area (Å²) in [6.45, 7) is 2.98. The van der Waals surface area contributed by atoms with Gasteiger partial charge in [0.1, 0.15) is 0 Å². The van der Waals surface area contributed by atoms with Crippen molar-refractivity contribution in [3.8, 4) is 11.3 Å². The molecule has 4 aromatic carbocycles. The fourth-order valence-corrected chi connectivity index (χ4v) is 5.13. The molecule has 5 aromatic rings. The first-order valence-corrected chi connectivity index (χ1v) is 10.8. The highest BCUT2D eigenvalue weighted by Crippen LogP contribution is 2.39. The van der Waals surface area contributed by atoms with Crippen LogP contribution >= 0.6 is 0 Å². The molecule has 0 atom stereocenters. The van der Waals surface area contributed by atoms with Crippen LogP contribution in [0.1, 0.15) is 23.0 Å². The van der Waals surface area contributed by atoms with Gasteiger partial charge in [-0.15, -0.1) is 0 Å². The van der Waals surface area contributed by atoms with E-state index in [1.807, 2.05) is 13.0 Å². The number of carbonyl (C=O) groups excluding carboxylic acids is 1. The Balaban J connectivity index is 0.00000216. The lowest BCUT2D eigenvalue weighted by molar-refractivity contribution is -0.688. The maximum absolute atomic E-state index is 13.4. The molecule has 0 aliphatic carbocycles. The molecule has 0 saturated heterocycles. The second-order valence-electron chi connectivity index (χ2n) is 8.04. The second kappa shape index (κ2) is 8.03. The van der Waals surface area contributed by atoms with E-state index in [4.69, 9.17) is 4.74 Å². The van der Waals surface area contributed by atoms with Gasteiger partial charge in [0, 0.05) is 23.4 Å². The van der Waals surface area contributed by atoms with Gasteiger partial charge in [-0.3, -0.25) is 0 Å². The summed E-state index contributed by atoms with van der Waals surface area (Å²) in [5, 5.41) is 6.69. The molecule has 0 spiro atoms. The topological polar surface area (TPSA) is 30.2 Å². The summed E-state index contributed by atoms with van der Waals surface area (Å²) in [7, 11) is 0. The minimum atomic E-state index is -0.255. The molecule has 0 radical (unpaired) electrons. The van der Waals surface area contributed by atoms with Crippen molar-refractivity contribution in [1.82, 2.24) is 0 Å².